The molecule has 2 aromatic carbocycles. The van der Waals surface area contributed by atoms with E-state index in [0.29, 0.717) is 18.7 Å². The molecule has 0 aliphatic carbocycles. The Balaban J connectivity index is 2.11. The highest BCUT2D eigenvalue weighted by molar-refractivity contribution is 5.99. The van der Waals surface area contributed by atoms with Gasteiger partial charge in [-0.3, -0.25) is 19.7 Å². The van der Waals surface area contributed by atoms with Gasteiger partial charge in [0.2, 0.25) is 5.91 Å². The van der Waals surface area contributed by atoms with E-state index in [1.165, 1.54) is 47.4 Å². The average molecular weight is 430 g/mol. The van der Waals surface area contributed by atoms with Crippen LogP contribution in [-0.2, 0) is 4.79 Å². The molecule has 0 radical (unpaired) electrons. The van der Waals surface area contributed by atoms with Crippen LogP contribution in [0.15, 0.2) is 48.5 Å². The Morgan fingerprint density at radius 3 is 2.32 bits per heavy atom. The number of anilines is 1. The van der Waals surface area contributed by atoms with Gasteiger partial charge in [-0.2, -0.15) is 0 Å². The quantitative estimate of drug-likeness (QED) is 0.435. The van der Waals surface area contributed by atoms with E-state index in [0.717, 1.165) is 19.6 Å². The fraction of sp³-hybridized carbons (Fsp3) is 0.364. The molecule has 166 valence electrons. The topological polar surface area (TPSA) is 95.8 Å². The molecule has 0 aliphatic heterocycles. The summed E-state index contributed by atoms with van der Waals surface area (Å²) in [7, 11) is 0. The molecule has 8 nitrogen and oxygen atoms in total. The highest BCUT2D eigenvalue weighted by Gasteiger charge is 2.20. The Bertz CT molecular complexity index is 901. The lowest BCUT2D eigenvalue weighted by molar-refractivity contribution is -0.384. The van der Waals surface area contributed by atoms with Crippen LogP contribution < -0.4 is 5.32 Å². The molecule has 2 amide bonds. The minimum Gasteiger partial charge on any atom is -0.329 e. The lowest BCUT2D eigenvalue weighted by atomic mass is 10.1. The molecule has 0 saturated heterocycles. The number of non-ortho nitro benzene ring substituents is 1. The van der Waals surface area contributed by atoms with Gasteiger partial charge < -0.3 is 15.1 Å². The molecule has 0 fully saturated rings. The van der Waals surface area contributed by atoms with E-state index < -0.39 is 22.6 Å². The maximum Gasteiger partial charge on any atom is 0.269 e. The van der Waals surface area contributed by atoms with Gasteiger partial charge >= 0.3 is 0 Å². The number of amides is 2. The molecule has 0 unspecified atom stereocenters. The van der Waals surface area contributed by atoms with Crippen LogP contribution in [-0.4, -0.2) is 59.3 Å². The van der Waals surface area contributed by atoms with Crippen molar-refractivity contribution < 1.29 is 18.9 Å². The second-order valence-electron chi connectivity index (χ2n) is 6.97. The summed E-state index contributed by atoms with van der Waals surface area (Å²) in [6.07, 6.45) is 0.660. The summed E-state index contributed by atoms with van der Waals surface area (Å²) in [4.78, 5) is 39.4. The predicted molar refractivity (Wildman–Crippen MR) is 116 cm³/mol. The number of hydrogen-bond acceptors (Lipinski definition) is 5. The number of rotatable bonds is 11. The number of halogens is 1. The summed E-state index contributed by atoms with van der Waals surface area (Å²) in [6, 6.07) is 10.8. The third kappa shape index (κ3) is 7.45. The molecule has 0 spiro atoms. The van der Waals surface area contributed by atoms with Crippen LogP contribution in [0.2, 0.25) is 0 Å². The first-order chi connectivity index (χ1) is 14.8. The van der Waals surface area contributed by atoms with E-state index in [9.17, 15) is 24.1 Å². The molecule has 1 N–H and O–H groups in total. The van der Waals surface area contributed by atoms with E-state index in [4.69, 9.17) is 0 Å². The van der Waals surface area contributed by atoms with Crippen molar-refractivity contribution in [2.45, 2.75) is 20.3 Å². The second-order valence-corrected chi connectivity index (χ2v) is 6.97. The largest absolute Gasteiger partial charge is 0.329 e. The van der Waals surface area contributed by atoms with Gasteiger partial charge in [0.05, 0.1) is 4.92 Å². The van der Waals surface area contributed by atoms with Gasteiger partial charge in [-0.05, 0) is 56.4 Å². The van der Waals surface area contributed by atoms with Crippen LogP contribution in [0.4, 0.5) is 15.8 Å². The minimum absolute atomic E-state index is 0.117. The Morgan fingerprint density at radius 1 is 1.06 bits per heavy atom. The van der Waals surface area contributed by atoms with Gasteiger partial charge in [0.1, 0.15) is 12.4 Å². The highest BCUT2D eigenvalue weighted by atomic mass is 19.1. The van der Waals surface area contributed by atoms with Crippen molar-refractivity contribution in [3.63, 3.8) is 0 Å². The second kappa shape index (κ2) is 11.8. The van der Waals surface area contributed by atoms with Crippen LogP contribution in [0.5, 0.6) is 0 Å². The summed E-state index contributed by atoms with van der Waals surface area (Å²) < 4.78 is 13.4. The molecule has 0 atom stereocenters. The molecular weight excluding hydrogens is 403 g/mol. The Morgan fingerprint density at radius 2 is 1.74 bits per heavy atom. The van der Waals surface area contributed by atoms with Gasteiger partial charge in [-0.1, -0.05) is 19.9 Å². The predicted octanol–water partition coefficient (Wildman–Crippen LogP) is 3.55. The molecular formula is C22H27FN4O4. The minimum atomic E-state index is -0.539. The Kier molecular flexibility index (Phi) is 9.08. The van der Waals surface area contributed by atoms with Crippen LogP contribution in [0.3, 0.4) is 0 Å². The first-order valence-corrected chi connectivity index (χ1v) is 10.2. The monoisotopic (exact) mass is 430 g/mol. The fourth-order valence-corrected chi connectivity index (χ4v) is 3.13. The average Bonchev–Trinajstić information content (AvgIpc) is 2.75. The summed E-state index contributed by atoms with van der Waals surface area (Å²) >= 11 is 0. The molecule has 2 rings (SSSR count). The van der Waals surface area contributed by atoms with Crippen LogP contribution in [0.1, 0.15) is 30.6 Å². The fourth-order valence-electron chi connectivity index (χ4n) is 3.13. The van der Waals surface area contributed by atoms with Gasteiger partial charge in [0.25, 0.3) is 11.6 Å². The molecule has 0 aliphatic rings. The number of benzene rings is 2. The molecule has 9 heteroatoms. The normalized spacial score (nSPS) is 10.7. The third-order valence-corrected chi connectivity index (χ3v) is 4.85. The summed E-state index contributed by atoms with van der Waals surface area (Å²) in [5.41, 5.74) is 0.441. The van der Waals surface area contributed by atoms with E-state index in [1.54, 1.807) is 6.07 Å². The van der Waals surface area contributed by atoms with Crippen molar-refractivity contribution in [1.82, 2.24) is 9.80 Å². The number of carbonyl (C=O) groups excluding carboxylic acids is 2. The lowest BCUT2D eigenvalue weighted by Gasteiger charge is -2.24. The number of nitro groups is 1. The van der Waals surface area contributed by atoms with Gasteiger partial charge in [0.15, 0.2) is 0 Å². The molecule has 31 heavy (non-hydrogen) atoms. The van der Waals surface area contributed by atoms with Gasteiger partial charge in [0, 0.05) is 29.9 Å². The Labute approximate surface area is 180 Å². The number of hydrogen-bond donors (Lipinski definition) is 1. The van der Waals surface area contributed by atoms with E-state index in [-0.39, 0.29) is 17.8 Å². The highest BCUT2D eigenvalue weighted by Crippen LogP contribution is 2.15. The number of nitrogens with zero attached hydrogens (tertiary/aromatic N) is 3. The smallest absolute Gasteiger partial charge is 0.269 e. The van der Waals surface area contributed by atoms with Crippen LogP contribution in [0.25, 0.3) is 0 Å². The van der Waals surface area contributed by atoms with Crippen LogP contribution in [0, 0.1) is 15.9 Å². The van der Waals surface area contributed by atoms with Crippen molar-refractivity contribution in [2.24, 2.45) is 0 Å². The Hall–Kier alpha value is -3.33. The zero-order chi connectivity index (χ0) is 22.8. The maximum absolute atomic E-state index is 13.4. The third-order valence-electron chi connectivity index (χ3n) is 4.85. The maximum atomic E-state index is 13.4. The summed E-state index contributed by atoms with van der Waals surface area (Å²) in [5.74, 6) is -1.33. The number of nitro benzene ring substituents is 1. The molecule has 0 heterocycles. The first-order valence-electron chi connectivity index (χ1n) is 10.2. The first kappa shape index (κ1) is 23.9. The zero-order valence-corrected chi connectivity index (χ0v) is 17.7. The van der Waals surface area contributed by atoms with Crippen molar-refractivity contribution >= 4 is 23.2 Å². The van der Waals surface area contributed by atoms with E-state index in [2.05, 4.69) is 24.1 Å². The summed E-state index contributed by atoms with van der Waals surface area (Å²) in [6.45, 7) is 6.75. The molecule has 0 saturated carbocycles. The SMILES string of the molecule is CCN(CC)CCCN(CC(=O)Nc1cccc(F)c1)C(=O)c1ccc([N+](=O)[O-])cc1. The number of nitrogens with one attached hydrogen (secondary N) is 1. The van der Waals surface area contributed by atoms with Crippen LogP contribution >= 0.6 is 0 Å². The standard InChI is InChI=1S/C22H27FN4O4/c1-3-25(4-2)13-6-14-26(16-21(28)24-19-8-5-7-18(23)15-19)22(29)17-9-11-20(12-10-17)27(30)31/h5,7-12,15H,3-4,6,13-14,16H2,1-2H3,(H,24,28). The van der Waals surface area contributed by atoms with Crippen molar-refractivity contribution in [1.29, 1.82) is 0 Å². The zero-order valence-electron chi connectivity index (χ0n) is 17.7. The molecule has 0 bridgehead atoms. The molecule has 2 aromatic rings. The van der Waals surface area contributed by atoms with Crippen molar-refractivity contribution in [3.05, 3.63) is 70.0 Å². The van der Waals surface area contributed by atoms with Crippen molar-refractivity contribution in [3.8, 4) is 0 Å². The molecule has 0 aromatic heterocycles. The van der Waals surface area contributed by atoms with E-state index in [1.807, 2.05) is 0 Å². The van der Waals surface area contributed by atoms with E-state index >= 15 is 0 Å². The van der Waals surface area contributed by atoms with Gasteiger partial charge in [-0.15, -0.1) is 0 Å². The van der Waals surface area contributed by atoms with Crippen molar-refractivity contribution in [2.75, 3.05) is 38.0 Å². The number of carbonyl (C=O) groups is 2. The lowest BCUT2D eigenvalue weighted by Crippen LogP contribution is -2.39. The van der Waals surface area contributed by atoms with Gasteiger partial charge in [-0.25, -0.2) is 4.39 Å². The summed E-state index contributed by atoms with van der Waals surface area (Å²) in [5, 5.41) is 13.4.